The van der Waals surface area contributed by atoms with Gasteiger partial charge in [-0.2, -0.15) is 0 Å². The second kappa shape index (κ2) is 38.6. The van der Waals surface area contributed by atoms with E-state index < -0.39 is 12.1 Å². The highest BCUT2D eigenvalue weighted by Gasteiger charge is 2.17. The Morgan fingerprint density at radius 2 is 0.804 bits per heavy atom. The molecule has 46 heavy (non-hydrogen) atoms. The number of aliphatic hydroxyl groups is 2. The highest BCUT2D eigenvalue weighted by Crippen LogP contribution is 2.16. The van der Waals surface area contributed by atoms with Gasteiger partial charge in [-0.1, -0.05) is 219 Å². The summed E-state index contributed by atoms with van der Waals surface area (Å²) in [5.41, 5.74) is 0. The van der Waals surface area contributed by atoms with Crippen LogP contribution in [0.1, 0.15) is 232 Å². The van der Waals surface area contributed by atoms with Crippen LogP contribution in [-0.2, 0) is 4.79 Å². The van der Waals surface area contributed by atoms with Crippen molar-refractivity contribution in [1.29, 1.82) is 0 Å². The minimum atomic E-state index is -0.832. The summed E-state index contributed by atoms with van der Waals surface area (Å²) in [6, 6.07) is -0.615. The number of amides is 1. The highest BCUT2D eigenvalue weighted by atomic mass is 16.3. The Labute approximate surface area is 288 Å². The molecule has 1 amide bonds. The normalized spacial score (nSPS) is 13.0. The summed E-state index contributed by atoms with van der Waals surface area (Å²) in [6.45, 7) is 4.32. The number of carbonyl (C=O) groups excluding carboxylic acids is 1. The second-order valence-electron chi connectivity index (χ2n) is 14.4. The maximum absolute atomic E-state index is 12.4. The SMILES string of the molecule is CCCCCCCCCCCCCCCC/C=C/[C@@H](O)[C@H](CO)NC(=O)CCCCCCCCCCCCCCCCCCCC. The Hall–Kier alpha value is -0.870. The van der Waals surface area contributed by atoms with Crippen LogP contribution in [0.5, 0.6) is 0 Å². The zero-order valence-electron chi connectivity index (χ0n) is 31.4. The van der Waals surface area contributed by atoms with E-state index >= 15 is 0 Å². The monoisotopic (exact) mass is 650 g/mol. The fraction of sp³-hybridized carbons (Fsp3) is 0.929. The zero-order valence-corrected chi connectivity index (χ0v) is 31.4. The van der Waals surface area contributed by atoms with Gasteiger partial charge in [-0.25, -0.2) is 0 Å². The summed E-state index contributed by atoms with van der Waals surface area (Å²) < 4.78 is 0. The van der Waals surface area contributed by atoms with Crippen molar-refractivity contribution in [2.24, 2.45) is 0 Å². The van der Waals surface area contributed by atoms with E-state index in [1.165, 1.54) is 186 Å². The molecule has 0 saturated heterocycles. The molecule has 3 N–H and O–H groups in total. The summed E-state index contributed by atoms with van der Waals surface area (Å²) in [6.07, 6.45) is 47.4. The molecule has 274 valence electrons. The quantitative estimate of drug-likeness (QED) is 0.0460. The predicted octanol–water partition coefficient (Wildman–Crippen LogP) is 12.7. The van der Waals surface area contributed by atoms with Crippen molar-refractivity contribution in [2.45, 2.75) is 244 Å². The van der Waals surface area contributed by atoms with E-state index in [1.54, 1.807) is 6.08 Å². The molecule has 4 nitrogen and oxygen atoms in total. The molecule has 0 aliphatic heterocycles. The summed E-state index contributed by atoms with van der Waals surface area (Å²) in [5.74, 6) is -0.0602. The van der Waals surface area contributed by atoms with E-state index in [0.29, 0.717) is 6.42 Å². The number of hydrogen-bond acceptors (Lipinski definition) is 3. The Morgan fingerprint density at radius 3 is 1.13 bits per heavy atom. The molecule has 0 aromatic rings. The van der Waals surface area contributed by atoms with E-state index in [9.17, 15) is 15.0 Å². The largest absolute Gasteiger partial charge is 0.394 e. The van der Waals surface area contributed by atoms with Crippen LogP contribution in [-0.4, -0.2) is 34.9 Å². The van der Waals surface area contributed by atoms with Gasteiger partial charge in [0.25, 0.3) is 0 Å². The number of rotatable bonds is 38. The summed E-state index contributed by atoms with van der Waals surface area (Å²) in [4.78, 5) is 12.4. The molecule has 0 heterocycles. The third kappa shape index (κ3) is 34.5. The van der Waals surface area contributed by atoms with Crippen molar-refractivity contribution < 1.29 is 15.0 Å². The summed E-state index contributed by atoms with van der Waals surface area (Å²) in [5, 5.41) is 23.0. The van der Waals surface area contributed by atoms with Gasteiger partial charge in [0, 0.05) is 6.42 Å². The molecule has 0 fully saturated rings. The zero-order chi connectivity index (χ0) is 33.6. The van der Waals surface area contributed by atoms with E-state index in [4.69, 9.17) is 0 Å². The van der Waals surface area contributed by atoms with Crippen molar-refractivity contribution in [3.63, 3.8) is 0 Å². The van der Waals surface area contributed by atoms with Crippen molar-refractivity contribution in [1.82, 2.24) is 5.32 Å². The van der Waals surface area contributed by atoms with Crippen molar-refractivity contribution >= 4 is 5.91 Å². The summed E-state index contributed by atoms with van der Waals surface area (Å²) in [7, 11) is 0. The van der Waals surface area contributed by atoms with Crippen LogP contribution < -0.4 is 5.32 Å². The van der Waals surface area contributed by atoms with Gasteiger partial charge in [-0.3, -0.25) is 4.79 Å². The first-order chi connectivity index (χ1) is 22.7. The van der Waals surface area contributed by atoms with Gasteiger partial charge < -0.3 is 15.5 Å². The maximum Gasteiger partial charge on any atom is 0.220 e. The molecule has 0 aromatic carbocycles. The second-order valence-corrected chi connectivity index (χ2v) is 14.4. The van der Waals surface area contributed by atoms with Gasteiger partial charge in [-0.15, -0.1) is 0 Å². The van der Waals surface area contributed by atoms with Crippen LogP contribution >= 0.6 is 0 Å². The van der Waals surface area contributed by atoms with Gasteiger partial charge in [0.15, 0.2) is 0 Å². The maximum atomic E-state index is 12.4. The van der Waals surface area contributed by atoms with Crippen molar-refractivity contribution in [2.75, 3.05) is 6.61 Å². The molecular weight excluding hydrogens is 566 g/mol. The molecule has 2 atom stereocenters. The molecule has 0 aliphatic carbocycles. The molecule has 0 aliphatic rings. The Bertz CT molecular complexity index is 622. The first-order valence-corrected chi connectivity index (χ1v) is 20.9. The van der Waals surface area contributed by atoms with Gasteiger partial charge in [-0.05, 0) is 19.3 Å². The Kier molecular flexibility index (Phi) is 37.8. The van der Waals surface area contributed by atoms with Crippen LogP contribution in [0.15, 0.2) is 12.2 Å². The molecule has 0 spiro atoms. The van der Waals surface area contributed by atoms with E-state index in [-0.39, 0.29) is 12.5 Å². The molecule has 0 saturated carbocycles. The lowest BCUT2D eigenvalue weighted by Crippen LogP contribution is -2.45. The van der Waals surface area contributed by atoms with Crippen LogP contribution in [0.3, 0.4) is 0 Å². The predicted molar refractivity (Wildman–Crippen MR) is 202 cm³/mol. The molecule has 0 radical (unpaired) electrons. The van der Waals surface area contributed by atoms with Gasteiger partial charge in [0.05, 0.1) is 18.8 Å². The lowest BCUT2D eigenvalue weighted by molar-refractivity contribution is -0.123. The molecule has 4 heteroatoms. The van der Waals surface area contributed by atoms with E-state index in [0.717, 1.165) is 25.7 Å². The van der Waals surface area contributed by atoms with Crippen LogP contribution in [0.25, 0.3) is 0 Å². The van der Waals surface area contributed by atoms with Crippen molar-refractivity contribution in [3.8, 4) is 0 Å². The molecular formula is C42H83NO3. The first kappa shape index (κ1) is 45.1. The molecule has 0 rings (SSSR count). The minimum Gasteiger partial charge on any atom is -0.394 e. The smallest absolute Gasteiger partial charge is 0.220 e. The third-order valence-electron chi connectivity index (χ3n) is 9.77. The van der Waals surface area contributed by atoms with Gasteiger partial charge in [0.1, 0.15) is 0 Å². The number of aliphatic hydroxyl groups excluding tert-OH is 2. The highest BCUT2D eigenvalue weighted by molar-refractivity contribution is 5.76. The Morgan fingerprint density at radius 1 is 0.500 bits per heavy atom. The number of hydrogen-bond donors (Lipinski definition) is 3. The molecule has 0 unspecified atom stereocenters. The number of nitrogens with one attached hydrogen (secondary N) is 1. The average Bonchev–Trinajstić information content (AvgIpc) is 3.06. The Balaban J connectivity index is 3.54. The molecule has 0 aromatic heterocycles. The van der Waals surface area contributed by atoms with Crippen molar-refractivity contribution in [3.05, 3.63) is 12.2 Å². The van der Waals surface area contributed by atoms with Crippen LogP contribution in [0.2, 0.25) is 0 Å². The number of unbranched alkanes of at least 4 members (excludes halogenated alkanes) is 31. The standard InChI is InChI=1S/C42H83NO3/c1-3-5-7-9-11-13-15-17-19-21-22-24-26-28-30-32-34-36-38-42(46)43-40(39-44)41(45)37-35-33-31-29-27-25-23-20-18-16-14-12-10-8-6-4-2/h35,37,40-41,44-45H,3-34,36,38-39H2,1-2H3,(H,43,46)/b37-35+/t40-,41+/m0/s1. The third-order valence-corrected chi connectivity index (χ3v) is 9.77. The molecule has 0 bridgehead atoms. The van der Waals surface area contributed by atoms with E-state index in [2.05, 4.69) is 19.2 Å². The minimum absolute atomic E-state index is 0.0602. The van der Waals surface area contributed by atoms with Gasteiger partial charge in [0.2, 0.25) is 5.91 Å². The van der Waals surface area contributed by atoms with Crippen LogP contribution in [0, 0.1) is 0 Å². The summed E-state index contributed by atoms with van der Waals surface area (Å²) >= 11 is 0. The average molecular weight is 650 g/mol. The lowest BCUT2D eigenvalue weighted by atomic mass is 10.0. The van der Waals surface area contributed by atoms with Crippen LogP contribution in [0.4, 0.5) is 0 Å². The lowest BCUT2D eigenvalue weighted by Gasteiger charge is -2.20. The fourth-order valence-electron chi connectivity index (χ4n) is 6.53. The number of carbonyl (C=O) groups is 1. The topological polar surface area (TPSA) is 69.6 Å². The fourth-order valence-corrected chi connectivity index (χ4v) is 6.53. The van der Waals surface area contributed by atoms with Gasteiger partial charge >= 0.3 is 0 Å². The van der Waals surface area contributed by atoms with E-state index in [1.807, 2.05) is 6.08 Å². The number of allylic oxidation sites excluding steroid dienone is 1. The first-order valence-electron chi connectivity index (χ1n) is 20.9.